The van der Waals surface area contributed by atoms with E-state index in [-0.39, 0.29) is 0 Å². The quantitative estimate of drug-likeness (QED) is 0.669. The lowest BCUT2D eigenvalue weighted by atomic mass is 10.2. The summed E-state index contributed by atoms with van der Waals surface area (Å²) < 4.78 is 0. The van der Waals surface area contributed by atoms with Gasteiger partial charge in [0.2, 0.25) is 0 Å². The van der Waals surface area contributed by atoms with E-state index in [0.717, 1.165) is 39.3 Å². The topological polar surface area (TPSA) is 53.8 Å². The molecule has 1 fully saturated rings. The molecule has 0 saturated carbocycles. The number of dihydropyridines is 1. The van der Waals surface area contributed by atoms with Crippen LogP contribution in [0.1, 0.15) is 6.92 Å². The Kier molecular flexibility index (Phi) is 4.42. The van der Waals surface area contributed by atoms with Gasteiger partial charge >= 0.3 is 0 Å². The van der Waals surface area contributed by atoms with Gasteiger partial charge in [0.05, 0.1) is 13.2 Å². The molecule has 5 nitrogen and oxygen atoms in total. The van der Waals surface area contributed by atoms with Crippen molar-refractivity contribution < 1.29 is 4.84 Å². The van der Waals surface area contributed by atoms with Gasteiger partial charge in [-0.05, 0) is 19.1 Å². The first-order chi connectivity index (χ1) is 8.29. The summed E-state index contributed by atoms with van der Waals surface area (Å²) in [6, 6.07) is 0. The molecule has 0 bridgehead atoms. The summed E-state index contributed by atoms with van der Waals surface area (Å²) in [6.07, 6.45) is 4.37. The molecule has 5 heteroatoms. The van der Waals surface area contributed by atoms with Crippen molar-refractivity contribution in [2.24, 2.45) is 5.90 Å². The zero-order valence-corrected chi connectivity index (χ0v) is 10.5. The standard InChI is InChI=1S/C12H22N4O/c1-11-2-3-12(10-14-11)16-6-4-15(5-7-16)8-9-17-13/h2-3,14H,4-10,13H2,1H3. The van der Waals surface area contributed by atoms with E-state index in [9.17, 15) is 0 Å². The zero-order chi connectivity index (χ0) is 12.1. The minimum absolute atomic E-state index is 0.617. The summed E-state index contributed by atoms with van der Waals surface area (Å²) in [5.74, 6) is 5.04. The van der Waals surface area contributed by atoms with E-state index >= 15 is 0 Å². The van der Waals surface area contributed by atoms with Crippen LogP contribution in [0.2, 0.25) is 0 Å². The van der Waals surface area contributed by atoms with Gasteiger partial charge in [-0.25, -0.2) is 5.90 Å². The fraction of sp³-hybridized carbons (Fsp3) is 0.667. The van der Waals surface area contributed by atoms with Gasteiger partial charge in [0.25, 0.3) is 0 Å². The first-order valence-corrected chi connectivity index (χ1v) is 6.20. The van der Waals surface area contributed by atoms with Gasteiger partial charge in [0.15, 0.2) is 0 Å². The van der Waals surface area contributed by atoms with E-state index < -0.39 is 0 Å². The molecule has 2 heterocycles. The van der Waals surface area contributed by atoms with Crippen molar-refractivity contribution >= 4 is 0 Å². The molecular weight excluding hydrogens is 216 g/mol. The second-order valence-electron chi connectivity index (χ2n) is 4.56. The van der Waals surface area contributed by atoms with Crippen LogP contribution in [-0.4, -0.2) is 55.7 Å². The van der Waals surface area contributed by atoms with Gasteiger partial charge in [0.1, 0.15) is 0 Å². The highest BCUT2D eigenvalue weighted by atomic mass is 16.6. The Labute approximate surface area is 103 Å². The highest BCUT2D eigenvalue weighted by molar-refractivity contribution is 5.22. The lowest BCUT2D eigenvalue weighted by molar-refractivity contribution is 0.0836. The Hall–Kier alpha value is -1.04. The van der Waals surface area contributed by atoms with Crippen LogP contribution in [-0.2, 0) is 4.84 Å². The number of hydrogen-bond acceptors (Lipinski definition) is 5. The predicted molar refractivity (Wildman–Crippen MR) is 68.0 cm³/mol. The molecular formula is C12H22N4O. The van der Waals surface area contributed by atoms with Gasteiger partial charge in [-0.2, -0.15) is 0 Å². The second-order valence-corrected chi connectivity index (χ2v) is 4.56. The second kappa shape index (κ2) is 6.05. The van der Waals surface area contributed by atoms with Gasteiger partial charge in [-0.3, -0.25) is 4.90 Å². The van der Waals surface area contributed by atoms with E-state index in [0.29, 0.717) is 6.61 Å². The van der Waals surface area contributed by atoms with Gasteiger partial charge in [-0.15, -0.1) is 0 Å². The first kappa shape index (κ1) is 12.4. The number of hydrogen-bond donors (Lipinski definition) is 2. The molecule has 0 radical (unpaired) electrons. The SMILES string of the molecule is CC1=CC=C(N2CCN(CCON)CC2)CN1. The molecule has 1 saturated heterocycles. The third-order valence-corrected chi connectivity index (χ3v) is 3.38. The summed E-state index contributed by atoms with van der Waals surface area (Å²) in [4.78, 5) is 9.46. The third-order valence-electron chi connectivity index (χ3n) is 3.38. The van der Waals surface area contributed by atoms with Crippen LogP contribution in [0, 0.1) is 0 Å². The van der Waals surface area contributed by atoms with Gasteiger partial charge in [0, 0.05) is 44.1 Å². The van der Waals surface area contributed by atoms with Crippen molar-refractivity contribution in [1.82, 2.24) is 15.1 Å². The minimum Gasteiger partial charge on any atom is -0.383 e. The van der Waals surface area contributed by atoms with E-state index in [2.05, 4.69) is 39.0 Å². The number of piperazine rings is 1. The fourth-order valence-electron chi connectivity index (χ4n) is 2.23. The normalized spacial score (nSPS) is 21.9. The molecule has 0 atom stereocenters. The van der Waals surface area contributed by atoms with E-state index in [1.807, 2.05) is 0 Å². The van der Waals surface area contributed by atoms with Crippen LogP contribution in [0.3, 0.4) is 0 Å². The number of nitrogens with two attached hydrogens (primary N) is 1. The molecule has 0 aromatic carbocycles. The lowest BCUT2D eigenvalue weighted by Gasteiger charge is -2.38. The summed E-state index contributed by atoms with van der Waals surface area (Å²) in [5, 5.41) is 3.38. The summed E-state index contributed by atoms with van der Waals surface area (Å²) in [7, 11) is 0. The first-order valence-electron chi connectivity index (χ1n) is 6.20. The van der Waals surface area contributed by atoms with Gasteiger partial charge < -0.3 is 15.1 Å². The Balaban J connectivity index is 1.79. The molecule has 0 aliphatic carbocycles. The van der Waals surface area contributed by atoms with E-state index in [1.54, 1.807) is 0 Å². The van der Waals surface area contributed by atoms with Crippen molar-refractivity contribution in [2.45, 2.75) is 6.92 Å². The van der Waals surface area contributed by atoms with Crippen LogP contribution in [0.15, 0.2) is 23.5 Å². The van der Waals surface area contributed by atoms with Crippen LogP contribution >= 0.6 is 0 Å². The Morgan fingerprint density at radius 2 is 2.06 bits per heavy atom. The predicted octanol–water partition coefficient (Wildman–Crippen LogP) is -0.115. The van der Waals surface area contributed by atoms with Crippen molar-refractivity contribution in [1.29, 1.82) is 0 Å². The van der Waals surface area contributed by atoms with Crippen molar-refractivity contribution in [3.05, 3.63) is 23.5 Å². The average molecular weight is 238 g/mol. The number of rotatable bonds is 4. The highest BCUT2D eigenvalue weighted by Gasteiger charge is 2.18. The fourth-order valence-corrected chi connectivity index (χ4v) is 2.23. The van der Waals surface area contributed by atoms with E-state index in [1.165, 1.54) is 11.4 Å². The Morgan fingerprint density at radius 3 is 2.65 bits per heavy atom. The smallest absolute Gasteiger partial charge is 0.0806 e. The summed E-state index contributed by atoms with van der Waals surface area (Å²) >= 11 is 0. The highest BCUT2D eigenvalue weighted by Crippen LogP contribution is 2.12. The maximum absolute atomic E-state index is 5.04. The van der Waals surface area contributed by atoms with Gasteiger partial charge in [-0.1, -0.05) is 0 Å². The molecule has 17 heavy (non-hydrogen) atoms. The number of nitrogens with zero attached hydrogens (tertiary/aromatic N) is 2. The molecule has 96 valence electrons. The number of nitrogens with one attached hydrogen (secondary N) is 1. The summed E-state index contributed by atoms with van der Waals surface area (Å²) in [6.45, 7) is 8.95. The van der Waals surface area contributed by atoms with Crippen molar-refractivity contribution in [3.8, 4) is 0 Å². The number of allylic oxidation sites excluding steroid dienone is 3. The monoisotopic (exact) mass is 238 g/mol. The Bertz CT molecular complexity index is 306. The van der Waals surface area contributed by atoms with Crippen LogP contribution in [0.25, 0.3) is 0 Å². The van der Waals surface area contributed by atoms with Crippen LogP contribution in [0.4, 0.5) is 0 Å². The molecule has 2 rings (SSSR count). The van der Waals surface area contributed by atoms with Crippen molar-refractivity contribution in [3.63, 3.8) is 0 Å². The molecule has 0 spiro atoms. The minimum atomic E-state index is 0.617. The molecule has 0 aromatic heterocycles. The third kappa shape index (κ3) is 3.46. The zero-order valence-electron chi connectivity index (χ0n) is 10.5. The average Bonchev–Trinajstić information content (AvgIpc) is 2.38. The largest absolute Gasteiger partial charge is 0.383 e. The molecule has 0 amide bonds. The molecule has 0 aromatic rings. The van der Waals surface area contributed by atoms with E-state index in [4.69, 9.17) is 5.90 Å². The maximum Gasteiger partial charge on any atom is 0.0806 e. The molecule has 3 N–H and O–H groups in total. The van der Waals surface area contributed by atoms with Crippen LogP contribution < -0.4 is 11.2 Å². The maximum atomic E-state index is 5.04. The lowest BCUT2D eigenvalue weighted by Crippen LogP contribution is -2.48. The van der Waals surface area contributed by atoms with Crippen LogP contribution in [0.5, 0.6) is 0 Å². The molecule has 2 aliphatic rings. The molecule has 2 aliphatic heterocycles. The Morgan fingerprint density at radius 1 is 1.29 bits per heavy atom. The molecule has 0 unspecified atom stereocenters. The summed E-state index contributed by atoms with van der Waals surface area (Å²) in [5.41, 5.74) is 2.64. The van der Waals surface area contributed by atoms with Crippen molar-refractivity contribution in [2.75, 3.05) is 45.9 Å².